The minimum absolute atomic E-state index is 0.604. The predicted molar refractivity (Wildman–Crippen MR) is 73.0 cm³/mol. The van der Waals surface area contributed by atoms with Gasteiger partial charge in [-0.25, -0.2) is 0 Å². The van der Waals surface area contributed by atoms with Gasteiger partial charge in [0.1, 0.15) is 5.75 Å². The van der Waals surface area contributed by atoms with Crippen LogP contribution in [0.3, 0.4) is 0 Å². The van der Waals surface area contributed by atoms with E-state index in [2.05, 4.69) is 0 Å². The maximum Gasteiger partial charge on any atom is 0.137 e. The molecule has 2 nitrogen and oxygen atoms in total. The third-order valence-corrected chi connectivity index (χ3v) is 3.65. The number of hydrogen-bond acceptors (Lipinski definition) is 3. The number of rotatable bonds is 3. The molecule has 0 aliphatic carbocycles. The van der Waals surface area contributed by atoms with Crippen molar-refractivity contribution in [3.05, 3.63) is 47.5 Å². The van der Waals surface area contributed by atoms with Gasteiger partial charge in [0, 0.05) is 15.5 Å². The Kier molecular flexibility index (Phi) is 3.82. The number of hydrogen-bond donors (Lipinski definition) is 1. The van der Waals surface area contributed by atoms with Gasteiger partial charge >= 0.3 is 0 Å². The first-order chi connectivity index (χ1) is 8.20. The highest BCUT2D eigenvalue weighted by Crippen LogP contribution is 2.35. The number of para-hydroxylation sites is 1. The Labute approximate surface area is 110 Å². The van der Waals surface area contributed by atoms with Gasteiger partial charge in [0.05, 0.1) is 12.1 Å². The largest absolute Gasteiger partial charge is 0.495 e. The van der Waals surface area contributed by atoms with E-state index < -0.39 is 0 Å². The lowest BCUT2D eigenvalue weighted by Crippen LogP contribution is -1.87. The van der Waals surface area contributed by atoms with Crippen molar-refractivity contribution in [1.82, 2.24) is 0 Å². The number of nitrogen functional groups attached to an aromatic ring is 1. The first-order valence-corrected chi connectivity index (χ1v) is 6.26. The summed E-state index contributed by atoms with van der Waals surface area (Å²) in [5.74, 6) is 0.678. The lowest BCUT2D eigenvalue weighted by atomic mass is 10.3. The summed E-state index contributed by atoms with van der Waals surface area (Å²) in [5, 5.41) is 0.604. The van der Waals surface area contributed by atoms with E-state index in [1.165, 1.54) is 0 Å². The van der Waals surface area contributed by atoms with Crippen LogP contribution in [0.25, 0.3) is 0 Å². The van der Waals surface area contributed by atoms with Crippen LogP contribution in [-0.4, -0.2) is 7.11 Å². The Morgan fingerprint density at radius 3 is 2.59 bits per heavy atom. The van der Waals surface area contributed by atoms with E-state index in [4.69, 9.17) is 22.1 Å². The summed E-state index contributed by atoms with van der Waals surface area (Å²) in [4.78, 5) is 2.06. The topological polar surface area (TPSA) is 35.2 Å². The van der Waals surface area contributed by atoms with Crippen molar-refractivity contribution in [3.8, 4) is 5.75 Å². The standard InChI is InChI=1S/C13H12ClNOS/c1-16-12-7-6-9(8-10(12)14)17-13-5-3-2-4-11(13)15/h2-8H,15H2,1H3. The van der Waals surface area contributed by atoms with Crippen molar-refractivity contribution in [1.29, 1.82) is 0 Å². The fourth-order valence-electron chi connectivity index (χ4n) is 1.41. The number of nitrogens with two attached hydrogens (primary N) is 1. The molecule has 0 aromatic heterocycles. The number of anilines is 1. The van der Waals surface area contributed by atoms with E-state index in [-0.39, 0.29) is 0 Å². The predicted octanol–water partition coefficient (Wildman–Crippen LogP) is 4.08. The molecule has 4 heteroatoms. The van der Waals surface area contributed by atoms with E-state index in [0.717, 1.165) is 15.5 Å². The minimum Gasteiger partial charge on any atom is -0.495 e. The number of halogens is 1. The molecule has 2 aromatic rings. The monoisotopic (exact) mass is 265 g/mol. The zero-order chi connectivity index (χ0) is 12.3. The van der Waals surface area contributed by atoms with E-state index >= 15 is 0 Å². The van der Waals surface area contributed by atoms with Gasteiger partial charge in [-0.05, 0) is 30.3 Å². The lowest BCUT2D eigenvalue weighted by Gasteiger charge is -2.07. The van der Waals surface area contributed by atoms with Gasteiger partial charge in [-0.3, -0.25) is 0 Å². The smallest absolute Gasteiger partial charge is 0.137 e. The zero-order valence-electron chi connectivity index (χ0n) is 9.31. The van der Waals surface area contributed by atoms with Crippen molar-refractivity contribution >= 4 is 29.1 Å². The van der Waals surface area contributed by atoms with Gasteiger partial charge < -0.3 is 10.5 Å². The highest BCUT2D eigenvalue weighted by molar-refractivity contribution is 7.99. The Morgan fingerprint density at radius 1 is 1.18 bits per heavy atom. The average molecular weight is 266 g/mol. The summed E-state index contributed by atoms with van der Waals surface area (Å²) >= 11 is 7.65. The molecular weight excluding hydrogens is 254 g/mol. The fourth-order valence-corrected chi connectivity index (χ4v) is 2.63. The molecule has 0 atom stereocenters. The highest BCUT2D eigenvalue weighted by atomic mass is 35.5. The molecule has 17 heavy (non-hydrogen) atoms. The molecule has 0 amide bonds. The quantitative estimate of drug-likeness (QED) is 0.850. The first-order valence-electron chi connectivity index (χ1n) is 5.06. The Morgan fingerprint density at radius 2 is 1.94 bits per heavy atom. The van der Waals surface area contributed by atoms with Crippen LogP contribution in [0.2, 0.25) is 5.02 Å². The van der Waals surface area contributed by atoms with Crippen molar-refractivity contribution in [2.24, 2.45) is 0 Å². The highest BCUT2D eigenvalue weighted by Gasteiger charge is 2.05. The van der Waals surface area contributed by atoms with E-state index in [1.807, 2.05) is 42.5 Å². The Hall–Kier alpha value is -1.32. The van der Waals surface area contributed by atoms with Crippen molar-refractivity contribution in [2.75, 3.05) is 12.8 Å². The molecule has 0 saturated carbocycles. The molecule has 0 heterocycles. The lowest BCUT2D eigenvalue weighted by molar-refractivity contribution is 0.414. The van der Waals surface area contributed by atoms with Gasteiger partial charge in [0.2, 0.25) is 0 Å². The van der Waals surface area contributed by atoms with Crippen LogP contribution in [0.1, 0.15) is 0 Å². The van der Waals surface area contributed by atoms with Gasteiger partial charge in [-0.2, -0.15) is 0 Å². The normalized spacial score (nSPS) is 10.2. The summed E-state index contributed by atoms with van der Waals surface area (Å²) in [5.41, 5.74) is 6.65. The van der Waals surface area contributed by atoms with Crippen LogP contribution in [-0.2, 0) is 0 Å². The van der Waals surface area contributed by atoms with Crippen LogP contribution in [0.15, 0.2) is 52.3 Å². The maximum atomic E-state index is 6.07. The minimum atomic E-state index is 0.604. The van der Waals surface area contributed by atoms with Crippen LogP contribution in [0, 0.1) is 0 Å². The third-order valence-electron chi connectivity index (χ3n) is 2.27. The number of methoxy groups -OCH3 is 1. The molecule has 2 aromatic carbocycles. The Balaban J connectivity index is 2.25. The van der Waals surface area contributed by atoms with Gasteiger partial charge in [0.15, 0.2) is 0 Å². The first kappa shape index (κ1) is 12.1. The molecule has 88 valence electrons. The van der Waals surface area contributed by atoms with Crippen LogP contribution >= 0.6 is 23.4 Å². The zero-order valence-corrected chi connectivity index (χ0v) is 10.9. The summed E-state index contributed by atoms with van der Waals surface area (Å²) in [7, 11) is 1.60. The molecule has 2 rings (SSSR count). The van der Waals surface area contributed by atoms with Gasteiger partial charge in [-0.15, -0.1) is 0 Å². The molecule has 0 aliphatic heterocycles. The van der Waals surface area contributed by atoms with E-state index in [9.17, 15) is 0 Å². The van der Waals surface area contributed by atoms with Crippen LogP contribution in [0.5, 0.6) is 5.75 Å². The van der Waals surface area contributed by atoms with Crippen molar-refractivity contribution in [2.45, 2.75) is 9.79 Å². The second-order valence-electron chi connectivity index (χ2n) is 3.44. The SMILES string of the molecule is COc1ccc(Sc2ccccc2N)cc1Cl. The molecule has 0 fully saturated rings. The molecule has 0 spiro atoms. The third kappa shape index (κ3) is 2.87. The summed E-state index contributed by atoms with van der Waals surface area (Å²) in [6, 6.07) is 13.4. The number of benzene rings is 2. The fraction of sp³-hybridized carbons (Fsp3) is 0.0769. The molecule has 2 N–H and O–H groups in total. The van der Waals surface area contributed by atoms with Crippen molar-refractivity contribution in [3.63, 3.8) is 0 Å². The second-order valence-corrected chi connectivity index (χ2v) is 4.96. The van der Waals surface area contributed by atoms with E-state index in [1.54, 1.807) is 18.9 Å². The Bertz CT molecular complexity index is 531. The maximum absolute atomic E-state index is 6.07. The van der Waals surface area contributed by atoms with Crippen LogP contribution < -0.4 is 10.5 Å². The molecule has 0 bridgehead atoms. The average Bonchev–Trinajstić information content (AvgIpc) is 2.32. The second kappa shape index (κ2) is 5.34. The van der Waals surface area contributed by atoms with E-state index in [0.29, 0.717) is 10.8 Å². The summed E-state index contributed by atoms with van der Waals surface area (Å²) in [6.07, 6.45) is 0. The summed E-state index contributed by atoms with van der Waals surface area (Å²) in [6.45, 7) is 0. The van der Waals surface area contributed by atoms with Crippen LogP contribution in [0.4, 0.5) is 5.69 Å². The molecule has 0 saturated heterocycles. The molecule has 0 unspecified atom stereocenters. The summed E-state index contributed by atoms with van der Waals surface area (Å²) < 4.78 is 5.11. The van der Waals surface area contributed by atoms with Gasteiger partial charge in [-0.1, -0.05) is 35.5 Å². The molecular formula is C13H12ClNOS. The van der Waals surface area contributed by atoms with Gasteiger partial charge in [0.25, 0.3) is 0 Å². The molecule has 0 radical (unpaired) electrons. The molecule has 0 aliphatic rings. The van der Waals surface area contributed by atoms with Crippen molar-refractivity contribution < 1.29 is 4.74 Å². The number of ether oxygens (including phenoxy) is 1.